The first kappa shape index (κ1) is 11.0. The summed E-state index contributed by atoms with van der Waals surface area (Å²) in [5, 5.41) is 9.80. The standard InChI is InChI=1S/C13H6Cl2N/c14-11-5-6-12(13(15)7-11)10-3-1-9(8-16)2-4-10/h1-5,7H. The van der Waals surface area contributed by atoms with Crippen LogP contribution < -0.4 is 0 Å². The van der Waals surface area contributed by atoms with Crippen molar-refractivity contribution >= 4 is 23.2 Å². The van der Waals surface area contributed by atoms with E-state index in [1.165, 1.54) is 0 Å². The Morgan fingerprint density at radius 2 is 1.81 bits per heavy atom. The Labute approximate surface area is 104 Å². The van der Waals surface area contributed by atoms with E-state index in [4.69, 9.17) is 28.5 Å². The molecule has 0 N–H and O–H groups in total. The average molecular weight is 247 g/mol. The third-order valence-corrected chi connectivity index (χ3v) is 2.68. The highest BCUT2D eigenvalue weighted by atomic mass is 35.5. The fraction of sp³-hybridized carbons (Fsp3) is 0. The van der Waals surface area contributed by atoms with Gasteiger partial charge in [0.2, 0.25) is 0 Å². The van der Waals surface area contributed by atoms with Crippen LogP contribution in [-0.2, 0) is 0 Å². The summed E-state index contributed by atoms with van der Waals surface area (Å²) in [5.41, 5.74) is 2.32. The van der Waals surface area contributed by atoms with Gasteiger partial charge in [-0.05, 0) is 35.9 Å². The molecule has 77 valence electrons. The molecule has 0 fully saturated rings. The molecule has 1 radical (unpaired) electrons. The first-order valence-corrected chi connectivity index (χ1v) is 5.33. The molecular weight excluding hydrogens is 241 g/mol. The number of nitriles is 1. The van der Waals surface area contributed by atoms with E-state index in [-0.39, 0.29) is 0 Å². The van der Waals surface area contributed by atoms with Crippen LogP contribution in [0.1, 0.15) is 5.56 Å². The van der Waals surface area contributed by atoms with Crippen molar-refractivity contribution in [3.05, 3.63) is 58.1 Å². The Kier molecular flexibility index (Phi) is 3.14. The highest BCUT2D eigenvalue weighted by molar-refractivity contribution is 6.36. The SMILES string of the molecule is N#Cc1ccc(-c2[c]cc(Cl)cc2Cl)cc1. The van der Waals surface area contributed by atoms with Crippen LogP contribution in [-0.4, -0.2) is 0 Å². The summed E-state index contributed by atoms with van der Waals surface area (Å²) in [5.74, 6) is 0. The highest BCUT2D eigenvalue weighted by Crippen LogP contribution is 2.29. The van der Waals surface area contributed by atoms with Gasteiger partial charge in [0.15, 0.2) is 0 Å². The summed E-state index contributed by atoms with van der Waals surface area (Å²) in [7, 11) is 0. The second-order valence-electron chi connectivity index (χ2n) is 3.23. The normalized spacial score (nSPS) is 9.81. The van der Waals surface area contributed by atoms with Crippen molar-refractivity contribution < 1.29 is 0 Å². The third-order valence-electron chi connectivity index (χ3n) is 2.16. The molecule has 3 heteroatoms. The molecule has 0 bridgehead atoms. The Morgan fingerprint density at radius 3 is 2.38 bits per heavy atom. The van der Waals surface area contributed by atoms with E-state index in [1.807, 2.05) is 12.1 Å². The highest BCUT2D eigenvalue weighted by Gasteiger charge is 2.04. The van der Waals surface area contributed by atoms with Gasteiger partial charge in [0.05, 0.1) is 16.7 Å². The smallest absolute Gasteiger partial charge is 0.0991 e. The number of hydrogen-bond acceptors (Lipinski definition) is 1. The van der Waals surface area contributed by atoms with Crippen molar-refractivity contribution in [3.8, 4) is 17.2 Å². The maximum atomic E-state index is 8.69. The molecule has 1 nitrogen and oxygen atoms in total. The first-order chi connectivity index (χ1) is 7.70. The number of halogens is 2. The van der Waals surface area contributed by atoms with Gasteiger partial charge >= 0.3 is 0 Å². The van der Waals surface area contributed by atoms with Gasteiger partial charge in [0, 0.05) is 10.6 Å². The molecule has 2 rings (SSSR count). The molecule has 0 unspecified atom stereocenters. The quantitative estimate of drug-likeness (QED) is 0.735. The van der Waals surface area contributed by atoms with Crippen LogP contribution in [0.15, 0.2) is 36.4 Å². The van der Waals surface area contributed by atoms with E-state index >= 15 is 0 Å². The van der Waals surface area contributed by atoms with Crippen molar-refractivity contribution in [1.82, 2.24) is 0 Å². The maximum absolute atomic E-state index is 8.69. The maximum Gasteiger partial charge on any atom is 0.0991 e. The molecule has 0 aliphatic carbocycles. The molecule has 0 amide bonds. The Hall–Kier alpha value is -1.49. The van der Waals surface area contributed by atoms with Gasteiger partial charge in [0.25, 0.3) is 0 Å². The van der Waals surface area contributed by atoms with Gasteiger partial charge in [0.1, 0.15) is 0 Å². The van der Waals surface area contributed by atoms with Gasteiger partial charge in [-0.25, -0.2) is 0 Å². The molecule has 0 saturated heterocycles. The molecule has 0 spiro atoms. The first-order valence-electron chi connectivity index (χ1n) is 4.58. The molecule has 0 aromatic heterocycles. The largest absolute Gasteiger partial charge is 0.192 e. The van der Waals surface area contributed by atoms with Crippen molar-refractivity contribution in [2.75, 3.05) is 0 Å². The minimum atomic E-state index is 0.553. The van der Waals surface area contributed by atoms with Gasteiger partial charge < -0.3 is 0 Å². The molecule has 0 aliphatic heterocycles. The van der Waals surface area contributed by atoms with Gasteiger partial charge in [-0.3, -0.25) is 0 Å². The van der Waals surface area contributed by atoms with Gasteiger partial charge in [-0.1, -0.05) is 35.3 Å². The van der Waals surface area contributed by atoms with Crippen LogP contribution in [0.3, 0.4) is 0 Å². The number of benzene rings is 2. The molecular formula is C13H6Cl2N. The minimum absolute atomic E-state index is 0.553. The topological polar surface area (TPSA) is 23.8 Å². The molecule has 2 aromatic rings. The van der Waals surface area contributed by atoms with E-state index < -0.39 is 0 Å². The summed E-state index contributed by atoms with van der Waals surface area (Å²) in [6.45, 7) is 0. The van der Waals surface area contributed by atoms with Crippen LogP contribution in [0.2, 0.25) is 10.0 Å². The molecule has 0 aliphatic rings. The summed E-state index contributed by atoms with van der Waals surface area (Å²) >= 11 is 11.9. The van der Waals surface area contributed by atoms with Crippen molar-refractivity contribution in [1.29, 1.82) is 5.26 Å². The van der Waals surface area contributed by atoms with Crippen LogP contribution >= 0.6 is 23.2 Å². The Balaban J connectivity index is 2.47. The van der Waals surface area contributed by atoms with E-state index in [1.54, 1.807) is 24.3 Å². The van der Waals surface area contributed by atoms with Crippen LogP contribution in [0.25, 0.3) is 11.1 Å². The average Bonchev–Trinajstić information content (AvgIpc) is 2.29. The summed E-state index contributed by atoms with van der Waals surface area (Å²) < 4.78 is 0. The molecule has 16 heavy (non-hydrogen) atoms. The number of nitrogens with zero attached hydrogens (tertiary/aromatic N) is 1. The van der Waals surface area contributed by atoms with Gasteiger partial charge in [-0.2, -0.15) is 5.26 Å². The predicted molar refractivity (Wildman–Crippen MR) is 65.4 cm³/mol. The monoisotopic (exact) mass is 246 g/mol. The van der Waals surface area contributed by atoms with Crippen LogP contribution in [0.5, 0.6) is 0 Å². The molecule has 0 atom stereocenters. The zero-order chi connectivity index (χ0) is 11.5. The van der Waals surface area contributed by atoms with Gasteiger partial charge in [-0.15, -0.1) is 0 Å². The summed E-state index contributed by atoms with van der Waals surface area (Å²) in [6.07, 6.45) is 0. The van der Waals surface area contributed by atoms with Crippen molar-refractivity contribution in [2.45, 2.75) is 0 Å². The fourth-order valence-electron chi connectivity index (χ4n) is 1.38. The predicted octanol–water partition coefficient (Wildman–Crippen LogP) is 4.33. The third kappa shape index (κ3) is 2.19. The van der Waals surface area contributed by atoms with Crippen LogP contribution in [0.4, 0.5) is 0 Å². The fourth-order valence-corrected chi connectivity index (χ4v) is 1.88. The Morgan fingerprint density at radius 1 is 1.12 bits per heavy atom. The Bertz CT molecular complexity index is 553. The van der Waals surface area contributed by atoms with E-state index in [2.05, 4.69) is 12.1 Å². The van der Waals surface area contributed by atoms with E-state index in [0.29, 0.717) is 15.6 Å². The molecule has 2 aromatic carbocycles. The van der Waals surface area contributed by atoms with E-state index in [9.17, 15) is 0 Å². The molecule has 0 saturated carbocycles. The summed E-state index contributed by atoms with van der Waals surface area (Å²) in [6, 6.07) is 15.6. The second kappa shape index (κ2) is 4.57. The lowest BCUT2D eigenvalue weighted by atomic mass is 10.0. The second-order valence-corrected chi connectivity index (χ2v) is 4.07. The lowest BCUT2D eigenvalue weighted by molar-refractivity contribution is 1.48. The minimum Gasteiger partial charge on any atom is -0.192 e. The van der Waals surface area contributed by atoms with E-state index in [0.717, 1.165) is 11.1 Å². The molecule has 0 heterocycles. The lowest BCUT2D eigenvalue weighted by Crippen LogP contribution is -1.81. The zero-order valence-electron chi connectivity index (χ0n) is 8.17. The van der Waals surface area contributed by atoms with Crippen molar-refractivity contribution in [3.63, 3.8) is 0 Å². The lowest BCUT2D eigenvalue weighted by Gasteiger charge is -2.04. The zero-order valence-corrected chi connectivity index (χ0v) is 9.68. The summed E-state index contributed by atoms with van der Waals surface area (Å²) in [4.78, 5) is 0. The number of hydrogen-bond donors (Lipinski definition) is 0. The van der Waals surface area contributed by atoms with Crippen molar-refractivity contribution in [2.24, 2.45) is 0 Å². The van der Waals surface area contributed by atoms with Crippen LogP contribution in [0, 0.1) is 17.4 Å². The number of rotatable bonds is 1.